The number of aromatic nitrogens is 2. The Morgan fingerprint density at radius 1 is 0.920 bits per heavy atom. The fraction of sp³-hybridized carbons (Fsp3) is 0.0476. The molecule has 0 aliphatic carbocycles. The molecule has 0 unspecified atom stereocenters. The lowest BCUT2D eigenvalue weighted by Crippen LogP contribution is -2.11. The van der Waals surface area contributed by atoms with E-state index in [1.807, 2.05) is 83.4 Å². The van der Waals surface area contributed by atoms with Crippen LogP contribution in [0.1, 0.15) is 10.4 Å². The molecule has 25 heavy (non-hydrogen) atoms. The van der Waals surface area contributed by atoms with Crippen LogP contribution in [0.5, 0.6) is 0 Å². The fourth-order valence-electron chi connectivity index (χ4n) is 2.94. The highest BCUT2D eigenvalue weighted by Crippen LogP contribution is 2.27. The molecule has 0 N–H and O–H groups in total. The summed E-state index contributed by atoms with van der Waals surface area (Å²) < 4.78 is 1.95. The van der Waals surface area contributed by atoms with E-state index in [4.69, 9.17) is 16.6 Å². The minimum absolute atomic E-state index is 0.0482. The molecule has 0 saturated carbocycles. The van der Waals surface area contributed by atoms with Crippen molar-refractivity contribution in [1.29, 1.82) is 0 Å². The van der Waals surface area contributed by atoms with Gasteiger partial charge in [0.15, 0.2) is 5.78 Å². The van der Waals surface area contributed by atoms with Crippen LogP contribution in [0.15, 0.2) is 78.9 Å². The Hall–Kier alpha value is -2.91. The van der Waals surface area contributed by atoms with E-state index in [0.29, 0.717) is 10.6 Å². The maximum Gasteiger partial charge on any atom is 0.182 e. The Labute approximate surface area is 150 Å². The third kappa shape index (κ3) is 3.06. The molecule has 0 atom stereocenters. The Kier molecular flexibility index (Phi) is 4.08. The predicted molar refractivity (Wildman–Crippen MR) is 101 cm³/mol. The lowest BCUT2D eigenvalue weighted by atomic mass is 10.1. The summed E-state index contributed by atoms with van der Waals surface area (Å²) >= 11 is 6.14. The van der Waals surface area contributed by atoms with E-state index in [9.17, 15) is 4.79 Å². The highest BCUT2D eigenvalue weighted by atomic mass is 35.5. The van der Waals surface area contributed by atoms with Gasteiger partial charge in [-0.3, -0.25) is 4.79 Å². The van der Waals surface area contributed by atoms with Gasteiger partial charge in [-0.25, -0.2) is 4.98 Å². The molecule has 0 saturated heterocycles. The number of hydrogen-bond donors (Lipinski definition) is 0. The van der Waals surface area contributed by atoms with Crippen molar-refractivity contribution in [3.8, 4) is 11.4 Å². The number of carbonyl (C=O) groups excluding carboxylic acids is 1. The van der Waals surface area contributed by atoms with Crippen molar-refractivity contribution in [2.24, 2.45) is 0 Å². The zero-order chi connectivity index (χ0) is 17.2. The molecule has 1 heterocycles. The van der Waals surface area contributed by atoms with Crippen molar-refractivity contribution in [3.05, 3.63) is 89.4 Å². The largest absolute Gasteiger partial charge is 0.316 e. The summed E-state index contributed by atoms with van der Waals surface area (Å²) in [5, 5.41) is 0.644. The monoisotopic (exact) mass is 346 g/mol. The van der Waals surface area contributed by atoms with Crippen molar-refractivity contribution in [1.82, 2.24) is 9.55 Å². The summed E-state index contributed by atoms with van der Waals surface area (Å²) in [7, 11) is 0. The molecule has 0 aliphatic rings. The first-order valence-electron chi connectivity index (χ1n) is 8.02. The van der Waals surface area contributed by atoms with Gasteiger partial charge >= 0.3 is 0 Å². The number of para-hydroxylation sites is 2. The van der Waals surface area contributed by atoms with Gasteiger partial charge in [0.1, 0.15) is 5.82 Å². The first-order chi connectivity index (χ1) is 12.2. The molecule has 4 aromatic rings. The third-order valence-corrected chi connectivity index (χ3v) is 4.37. The highest BCUT2D eigenvalue weighted by molar-refractivity contribution is 6.30. The van der Waals surface area contributed by atoms with Gasteiger partial charge in [0.2, 0.25) is 0 Å². The second kappa shape index (κ2) is 6.54. The Balaban J connectivity index is 1.84. The summed E-state index contributed by atoms with van der Waals surface area (Å²) in [5.41, 5.74) is 3.38. The summed E-state index contributed by atoms with van der Waals surface area (Å²) in [6.45, 7) is 0.229. The number of hydrogen-bond acceptors (Lipinski definition) is 2. The fourth-order valence-corrected chi connectivity index (χ4v) is 3.13. The molecule has 0 bridgehead atoms. The van der Waals surface area contributed by atoms with Crippen LogP contribution in [0.25, 0.3) is 22.4 Å². The standard InChI is InChI=1S/C21H15ClN2O/c22-17-10-6-9-16(13-17)21-23-18-11-4-5-12-19(18)24(21)14-20(25)15-7-2-1-3-8-15/h1-13H,14H2. The average Bonchev–Trinajstić information content (AvgIpc) is 3.01. The van der Waals surface area contributed by atoms with Crippen molar-refractivity contribution in [2.45, 2.75) is 6.54 Å². The molecule has 0 spiro atoms. The molecule has 3 nitrogen and oxygen atoms in total. The van der Waals surface area contributed by atoms with Gasteiger partial charge in [0.25, 0.3) is 0 Å². The van der Waals surface area contributed by atoms with Gasteiger partial charge in [-0.15, -0.1) is 0 Å². The number of carbonyl (C=O) groups is 1. The number of rotatable bonds is 4. The number of halogens is 1. The first-order valence-corrected chi connectivity index (χ1v) is 8.39. The number of fused-ring (bicyclic) bond motifs is 1. The summed E-state index contributed by atoms with van der Waals surface area (Å²) in [4.78, 5) is 17.5. The SMILES string of the molecule is O=C(Cn1c(-c2cccc(Cl)c2)nc2ccccc21)c1ccccc1. The van der Waals surface area contributed by atoms with Crippen LogP contribution < -0.4 is 0 Å². The highest BCUT2D eigenvalue weighted by Gasteiger charge is 2.16. The van der Waals surface area contributed by atoms with Crippen LogP contribution in [0.4, 0.5) is 0 Å². The van der Waals surface area contributed by atoms with E-state index in [-0.39, 0.29) is 12.3 Å². The van der Waals surface area contributed by atoms with Crippen LogP contribution in [0.3, 0.4) is 0 Å². The molecule has 4 heteroatoms. The molecule has 0 fully saturated rings. The van der Waals surface area contributed by atoms with E-state index in [2.05, 4.69) is 0 Å². The topological polar surface area (TPSA) is 34.9 Å². The zero-order valence-corrected chi connectivity index (χ0v) is 14.1. The molecule has 0 radical (unpaired) electrons. The Morgan fingerprint density at radius 3 is 2.48 bits per heavy atom. The minimum Gasteiger partial charge on any atom is -0.316 e. The van der Waals surface area contributed by atoms with Crippen LogP contribution in [-0.2, 0) is 6.54 Å². The molecular formula is C21H15ClN2O. The molecule has 0 amide bonds. The van der Waals surface area contributed by atoms with Gasteiger partial charge in [-0.05, 0) is 24.3 Å². The van der Waals surface area contributed by atoms with E-state index in [0.717, 1.165) is 22.4 Å². The average molecular weight is 347 g/mol. The second-order valence-electron chi connectivity index (χ2n) is 5.81. The predicted octanol–water partition coefficient (Wildman–Crippen LogP) is 5.24. The Morgan fingerprint density at radius 2 is 1.68 bits per heavy atom. The molecule has 3 aromatic carbocycles. The van der Waals surface area contributed by atoms with Crippen LogP contribution >= 0.6 is 11.6 Å². The molecular weight excluding hydrogens is 332 g/mol. The van der Waals surface area contributed by atoms with Crippen LogP contribution in [-0.4, -0.2) is 15.3 Å². The lowest BCUT2D eigenvalue weighted by Gasteiger charge is -2.09. The number of Topliss-reactive ketones (excluding diaryl/α,β-unsaturated/α-hetero) is 1. The van der Waals surface area contributed by atoms with Gasteiger partial charge in [-0.2, -0.15) is 0 Å². The first kappa shape index (κ1) is 15.6. The van der Waals surface area contributed by atoms with Crippen molar-refractivity contribution in [2.75, 3.05) is 0 Å². The maximum atomic E-state index is 12.7. The van der Waals surface area contributed by atoms with E-state index < -0.39 is 0 Å². The van der Waals surface area contributed by atoms with Gasteiger partial charge in [0, 0.05) is 16.1 Å². The van der Waals surface area contributed by atoms with E-state index >= 15 is 0 Å². The molecule has 0 aliphatic heterocycles. The summed E-state index contributed by atoms with van der Waals surface area (Å²) in [6.07, 6.45) is 0. The van der Waals surface area contributed by atoms with Crippen molar-refractivity contribution in [3.63, 3.8) is 0 Å². The molecule has 4 rings (SSSR count). The number of ketones is 1. The summed E-state index contributed by atoms with van der Waals surface area (Å²) in [5.74, 6) is 0.792. The van der Waals surface area contributed by atoms with E-state index in [1.165, 1.54) is 0 Å². The smallest absolute Gasteiger partial charge is 0.182 e. The van der Waals surface area contributed by atoms with Gasteiger partial charge in [0.05, 0.1) is 17.6 Å². The third-order valence-electron chi connectivity index (χ3n) is 4.13. The van der Waals surface area contributed by atoms with Gasteiger partial charge < -0.3 is 4.57 Å². The second-order valence-corrected chi connectivity index (χ2v) is 6.25. The van der Waals surface area contributed by atoms with E-state index in [1.54, 1.807) is 0 Å². The minimum atomic E-state index is 0.0482. The van der Waals surface area contributed by atoms with Crippen LogP contribution in [0, 0.1) is 0 Å². The molecule has 1 aromatic heterocycles. The quantitative estimate of drug-likeness (QED) is 0.474. The van der Waals surface area contributed by atoms with Gasteiger partial charge in [-0.1, -0.05) is 66.2 Å². The van der Waals surface area contributed by atoms with Crippen molar-refractivity contribution >= 4 is 28.4 Å². The van der Waals surface area contributed by atoms with Crippen LogP contribution in [0.2, 0.25) is 5.02 Å². The zero-order valence-electron chi connectivity index (χ0n) is 13.4. The Bertz CT molecular complexity index is 1050. The lowest BCUT2D eigenvalue weighted by molar-refractivity contribution is 0.0974. The number of nitrogens with zero attached hydrogens (tertiary/aromatic N) is 2. The number of benzene rings is 3. The maximum absolute atomic E-state index is 12.7. The van der Waals surface area contributed by atoms with Crippen molar-refractivity contribution < 1.29 is 4.79 Å². The molecule has 122 valence electrons. The normalized spacial score (nSPS) is 10.9. The number of imidazole rings is 1. The summed E-state index contributed by atoms with van der Waals surface area (Å²) in [6, 6.07) is 24.7.